The topological polar surface area (TPSA) is 81.4 Å². The molecule has 24 heavy (non-hydrogen) atoms. The molecular weight excluding hydrogens is 308 g/mol. The lowest BCUT2D eigenvalue weighted by Crippen LogP contribution is -2.35. The van der Waals surface area contributed by atoms with E-state index < -0.39 is 11.7 Å². The molecule has 0 spiro atoms. The van der Waals surface area contributed by atoms with E-state index in [0.29, 0.717) is 17.9 Å². The molecule has 2 aromatic heterocycles. The van der Waals surface area contributed by atoms with Crippen LogP contribution in [-0.4, -0.2) is 17.0 Å². The fourth-order valence-electron chi connectivity index (χ4n) is 2.21. The number of rotatable bonds is 5. The summed E-state index contributed by atoms with van der Waals surface area (Å²) < 4.78 is 10.7. The first-order valence-corrected chi connectivity index (χ1v) is 7.49. The van der Waals surface area contributed by atoms with Crippen molar-refractivity contribution in [1.82, 2.24) is 10.3 Å². The van der Waals surface area contributed by atoms with Crippen LogP contribution in [0.1, 0.15) is 12.5 Å². The Balaban J connectivity index is 1.64. The Labute approximate surface area is 138 Å². The van der Waals surface area contributed by atoms with Crippen molar-refractivity contribution < 1.29 is 13.9 Å². The fourth-order valence-corrected chi connectivity index (χ4v) is 2.21. The Morgan fingerprint density at radius 2 is 1.96 bits per heavy atom. The third-order valence-corrected chi connectivity index (χ3v) is 3.49. The summed E-state index contributed by atoms with van der Waals surface area (Å²) in [7, 11) is 0. The highest BCUT2D eigenvalue weighted by molar-refractivity contribution is 5.81. The van der Waals surface area contributed by atoms with Crippen molar-refractivity contribution in [1.29, 1.82) is 0 Å². The van der Waals surface area contributed by atoms with Gasteiger partial charge in [-0.2, -0.15) is 0 Å². The van der Waals surface area contributed by atoms with E-state index in [-0.39, 0.29) is 5.91 Å². The molecule has 0 aliphatic rings. The van der Waals surface area contributed by atoms with Crippen molar-refractivity contribution in [3.63, 3.8) is 0 Å². The first-order chi connectivity index (χ1) is 11.6. The van der Waals surface area contributed by atoms with Crippen LogP contribution >= 0.6 is 0 Å². The van der Waals surface area contributed by atoms with E-state index in [9.17, 15) is 9.59 Å². The highest BCUT2D eigenvalue weighted by atomic mass is 16.5. The van der Waals surface area contributed by atoms with E-state index in [1.165, 1.54) is 6.07 Å². The largest absolute Gasteiger partial charge is 0.481 e. The zero-order chi connectivity index (χ0) is 16.9. The maximum absolute atomic E-state index is 12.1. The predicted octanol–water partition coefficient (Wildman–Crippen LogP) is 2.27. The average molecular weight is 324 g/mol. The summed E-state index contributed by atoms with van der Waals surface area (Å²) in [5.74, 6) is 0.227. The minimum atomic E-state index is -0.681. The molecule has 122 valence electrons. The van der Waals surface area contributed by atoms with Gasteiger partial charge in [-0.1, -0.05) is 0 Å². The van der Waals surface area contributed by atoms with E-state index in [1.807, 2.05) is 12.1 Å². The maximum atomic E-state index is 12.1. The van der Waals surface area contributed by atoms with Gasteiger partial charge in [-0.15, -0.1) is 0 Å². The van der Waals surface area contributed by atoms with E-state index in [1.54, 1.807) is 43.6 Å². The van der Waals surface area contributed by atoms with E-state index >= 15 is 0 Å². The Morgan fingerprint density at radius 3 is 2.75 bits per heavy atom. The molecule has 1 atom stereocenters. The Hall–Kier alpha value is -3.15. The van der Waals surface area contributed by atoms with Crippen molar-refractivity contribution in [2.45, 2.75) is 19.6 Å². The minimum absolute atomic E-state index is 0.235. The van der Waals surface area contributed by atoms with Gasteiger partial charge in [0.15, 0.2) is 6.10 Å². The van der Waals surface area contributed by atoms with Crippen molar-refractivity contribution in [3.05, 3.63) is 70.8 Å². The predicted molar refractivity (Wildman–Crippen MR) is 88.7 cm³/mol. The number of carbonyl (C=O) groups excluding carboxylic acids is 1. The number of nitrogens with one attached hydrogen (secondary N) is 1. The van der Waals surface area contributed by atoms with E-state index in [0.717, 1.165) is 10.9 Å². The number of fused-ring (bicyclic) bond motifs is 1. The molecule has 2 heterocycles. The molecule has 0 unspecified atom stereocenters. The van der Waals surface area contributed by atoms with Crippen LogP contribution in [0.3, 0.4) is 0 Å². The Morgan fingerprint density at radius 1 is 1.21 bits per heavy atom. The van der Waals surface area contributed by atoms with Crippen LogP contribution in [0.5, 0.6) is 5.75 Å². The summed E-state index contributed by atoms with van der Waals surface area (Å²) in [5.41, 5.74) is 0.949. The lowest BCUT2D eigenvalue weighted by molar-refractivity contribution is -0.127. The summed E-state index contributed by atoms with van der Waals surface area (Å²) in [6.07, 6.45) is 2.66. The number of carbonyl (C=O) groups is 1. The smallest absolute Gasteiger partial charge is 0.336 e. The van der Waals surface area contributed by atoms with Crippen LogP contribution in [0.25, 0.3) is 11.0 Å². The molecule has 0 bridgehead atoms. The van der Waals surface area contributed by atoms with Gasteiger partial charge in [0.05, 0.1) is 0 Å². The molecule has 1 N–H and O–H groups in total. The van der Waals surface area contributed by atoms with Gasteiger partial charge in [-0.3, -0.25) is 9.78 Å². The lowest BCUT2D eigenvalue weighted by Gasteiger charge is -2.15. The van der Waals surface area contributed by atoms with Crippen LogP contribution in [0, 0.1) is 0 Å². The molecule has 1 aromatic carbocycles. The first-order valence-electron chi connectivity index (χ1n) is 7.49. The monoisotopic (exact) mass is 324 g/mol. The lowest BCUT2D eigenvalue weighted by atomic mass is 10.2. The molecule has 6 heteroatoms. The van der Waals surface area contributed by atoms with Gasteiger partial charge in [0.25, 0.3) is 5.91 Å². The average Bonchev–Trinajstić information content (AvgIpc) is 2.60. The number of hydrogen-bond donors (Lipinski definition) is 1. The van der Waals surface area contributed by atoms with Crippen molar-refractivity contribution >= 4 is 16.9 Å². The highest BCUT2D eigenvalue weighted by Gasteiger charge is 2.14. The van der Waals surface area contributed by atoms with Crippen molar-refractivity contribution in [3.8, 4) is 5.75 Å². The number of aromatic nitrogens is 1. The molecule has 0 aliphatic carbocycles. The Bertz CT molecular complexity index is 906. The van der Waals surface area contributed by atoms with Gasteiger partial charge < -0.3 is 14.5 Å². The van der Waals surface area contributed by atoms with Crippen LogP contribution in [0.15, 0.2) is 64.1 Å². The zero-order valence-corrected chi connectivity index (χ0v) is 13.1. The molecule has 1 amide bonds. The van der Waals surface area contributed by atoms with Gasteiger partial charge in [-0.25, -0.2) is 4.79 Å². The van der Waals surface area contributed by atoms with Crippen molar-refractivity contribution in [2.75, 3.05) is 0 Å². The second kappa shape index (κ2) is 6.95. The summed E-state index contributed by atoms with van der Waals surface area (Å²) in [6, 6.07) is 11.8. The number of ether oxygens (including phenoxy) is 1. The van der Waals surface area contributed by atoms with Crippen LogP contribution in [0.2, 0.25) is 0 Å². The van der Waals surface area contributed by atoms with Gasteiger partial charge in [0, 0.05) is 36.5 Å². The number of benzene rings is 1. The molecule has 3 rings (SSSR count). The number of amides is 1. The first kappa shape index (κ1) is 15.7. The second-order valence-electron chi connectivity index (χ2n) is 5.29. The van der Waals surface area contributed by atoms with Crippen LogP contribution in [0.4, 0.5) is 0 Å². The molecule has 0 fully saturated rings. The third-order valence-electron chi connectivity index (χ3n) is 3.49. The molecular formula is C18H16N2O4. The SMILES string of the molecule is C[C@@H](Oc1ccc2ccc(=O)oc2c1)C(=O)NCc1ccncc1. The van der Waals surface area contributed by atoms with E-state index in [4.69, 9.17) is 9.15 Å². The second-order valence-corrected chi connectivity index (χ2v) is 5.29. The standard InChI is InChI=1S/C18H16N2O4/c1-12(18(22)20-11-13-6-8-19-9-7-13)23-15-4-2-14-3-5-17(21)24-16(14)10-15/h2-10,12H,11H2,1H3,(H,20,22)/t12-/m1/s1. The molecule has 6 nitrogen and oxygen atoms in total. The van der Waals surface area contributed by atoms with Gasteiger partial charge in [0.2, 0.25) is 0 Å². The zero-order valence-electron chi connectivity index (χ0n) is 13.1. The summed E-state index contributed by atoms with van der Waals surface area (Å²) in [5, 5.41) is 3.59. The fraction of sp³-hybridized carbons (Fsp3) is 0.167. The molecule has 0 saturated carbocycles. The normalized spacial score (nSPS) is 11.9. The van der Waals surface area contributed by atoms with Gasteiger partial charge >= 0.3 is 5.63 Å². The highest BCUT2D eigenvalue weighted by Crippen LogP contribution is 2.20. The number of hydrogen-bond acceptors (Lipinski definition) is 5. The Kier molecular flexibility index (Phi) is 4.56. The maximum Gasteiger partial charge on any atom is 0.336 e. The summed E-state index contributed by atoms with van der Waals surface area (Å²) >= 11 is 0. The minimum Gasteiger partial charge on any atom is -0.481 e. The molecule has 3 aromatic rings. The van der Waals surface area contributed by atoms with Gasteiger partial charge in [0.1, 0.15) is 11.3 Å². The van der Waals surface area contributed by atoms with Crippen LogP contribution < -0.4 is 15.7 Å². The van der Waals surface area contributed by atoms with Gasteiger partial charge in [-0.05, 0) is 42.8 Å². The summed E-state index contributed by atoms with van der Waals surface area (Å²) in [4.78, 5) is 27.3. The van der Waals surface area contributed by atoms with Crippen LogP contribution in [-0.2, 0) is 11.3 Å². The molecule has 0 saturated heterocycles. The summed E-state index contributed by atoms with van der Waals surface area (Å²) in [6.45, 7) is 2.06. The quantitative estimate of drug-likeness (QED) is 0.728. The number of nitrogens with zero attached hydrogens (tertiary/aromatic N) is 1. The molecule has 0 radical (unpaired) electrons. The van der Waals surface area contributed by atoms with Crippen molar-refractivity contribution in [2.24, 2.45) is 0 Å². The van der Waals surface area contributed by atoms with E-state index in [2.05, 4.69) is 10.3 Å². The third kappa shape index (κ3) is 3.78. The number of pyridine rings is 1. The molecule has 0 aliphatic heterocycles.